The van der Waals surface area contributed by atoms with Crippen molar-refractivity contribution in [2.45, 2.75) is 25.8 Å². The number of nitrogens with one attached hydrogen (secondary N) is 1. The third kappa shape index (κ3) is 3.98. The van der Waals surface area contributed by atoms with Gasteiger partial charge < -0.3 is 10.4 Å². The van der Waals surface area contributed by atoms with Crippen molar-refractivity contribution in [2.24, 2.45) is 0 Å². The number of rotatable bonds is 6. The topological polar surface area (TPSA) is 49.3 Å². The molecule has 0 heterocycles. The number of carboxylic acids is 1. The van der Waals surface area contributed by atoms with E-state index in [4.69, 9.17) is 5.11 Å². The fourth-order valence-electron chi connectivity index (χ4n) is 1.55. The van der Waals surface area contributed by atoms with Crippen LogP contribution in [0.3, 0.4) is 0 Å². The Kier molecular flexibility index (Phi) is 4.92. The molecule has 0 spiro atoms. The zero-order chi connectivity index (χ0) is 12.0. The number of halogens is 1. The van der Waals surface area contributed by atoms with Crippen molar-refractivity contribution in [1.29, 1.82) is 0 Å². The molecule has 0 radical (unpaired) electrons. The minimum atomic E-state index is -0.818. The number of carbonyl (C=O) groups is 1. The van der Waals surface area contributed by atoms with Crippen molar-refractivity contribution in [3.63, 3.8) is 0 Å². The van der Waals surface area contributed by atoms with Crippen molar-refractivity contribution >= 4 is 5.97 Å². The molecule has 0 aliphatic heterocycles. The van der Waals surface area contributed by atoms with Gasteiger partial charge in [0.05, 0.1) is 6.42 Å². The standard InChI is InChI=1S/C12H16FNO2/c1-2-11(14-8-7-12(15)16)9-3-5-10(13)6-4-9/h3-6,11,14H,2,7-8H2,1H3,(H,15,16). The van der Waals surface area contributed by atoms with Crippen LogP contribution in [0, 0.1) is 5.82 Å². The first kappa shape index (κ1) is 12.6. The van der Waals surface area contributed by atoms with Crippen LogP contribution in [0.25, 0.3) is 0 Å². The molecule has 1 rings (SSSR count). The van der Waals surface area contributed by atoms with Crippen LogP contribution < -0.4 is 5.32 Å². The van der Waals surface area contributed by atoms with Crippen molar-refractivity contribution in [3.05, 3.63) is 35.6 Å². The van der Waals surface area contributed by atoms with Gasteiger partial charge in [-0.3, -0.25) is 4.79 Å². The average Bonchev–Trinajstić information content (AvgIpc) is 2.26. The molecule has 0 aliphatic rings. The number of aliphatic carboxylic acids is 1. The summed E-state index contributed by atoms with van der Waals surface area (Å²) in [6.45, 7) is 2.42. The minimum Gasteiger partial charge on any atom is -0.481 e. The number of hydrogen-bond acceptors (Lipinski definition) is 2. The maximum absolute atomic E-state index is 12.7. The van der Waals surface area contributed by atoms with Crippen LogP contribution in [-0.4, -0.2) is 17.6 Å². The van der Waals surface area contributed by atoms with Crippen LogP contribution in [-0.2, 0) is 4.79 Å². The molecule has 1 aromatic carbocycles. The largest absolute Gasteiger partial charge is 0.481 e. The fourth-order valence-corrected chi connectivity index (χ4v) is 1.55. The lowest BCUT2D eigenvalue weighted by Gasteiger charge is -2.16. The van der Waals surface area contributed by atoms with Crippen LogP contribution in [0.4, 0.5) is 4.39 Å². The van der Waals surface area contributed by atoms with E-state index in [0.717, 1.165) is 12.0 Å². The van der Waals surface area contributed by atoms with Gasteiger partial charge >= 0.3 is 5.97 Å². The Morgan fingerprint density at radius 1 is 1.44 bits per heavy atom. The van der Waals surface area contributed by atoms with E-state index in [1.807, 2.05) is 6.92 Å². The lowest BCUT2D eigenvalue weighted by Crippen LogP contribution is -2.23. The molecule has 0 saturated carbocycles. The van der Waals surface area contributed by atoms with E-state index in [0.29, 0.717) is 6.54 Å². The van der Waals surface area contributed by atoms with Gasteiger partial charge in [-0.2, -0.15) is 0 Å². The molecule has 0 bridgehead atoms. The number of carboxylic acid groups (broad SMARTS) is 1. The van der Waals surface area contributed by atoms with Crippen LogP contribution in [0.2, 0.25) is 0 Å². The zero-order valence-corrected chi connectivity index (χ0v) is 9.24. The summed E-state index contributed by atoms with van der Waals surface area (Å²) < 4.78 is 12.7. The van der Waals surface area contributed by atoms with Gasteiger partial charge in [0.15, 0.2) is 0 Å². The highest BCUT2D eigenvalue weighted by Gasteiger charge is 2.08. The third-order valence-electron chi connectivity index (χ3n) is 2.41. The highest BCUT2D eigenvalue weighted by Crippen LogP contribution is 2.16. The molecule has 16 heavy (non-hydrogen) atoms. The predicted octanol–water partition coefficient (Wildman–Crippen LogP) is 2.34. The summed E-state index contributed by atoms with van der Waals surface area (Å²) in [7, 11) is 0. The van der Waals surface area contributed by atoms with E-state index in [1.165, 1.54) is 12.1 Å². The molecule has 0 fully saturated rings. The molecule has 2 N–H and O–H groups in total. The SMILES string of the molecule is CCC(NCCC(=O)O)c1ccc(F)cc1. The Hall–Kier alpha value is -1.42. The zero-order valence-electron chi connectivity index (χ0n) is 9.24. The van der Waals surface area contributed by atoms with Crippen molar-refractivity contribution in [3.8, 4) is 0 Å². The number of benzene rings is 1. The maximum atomic E-state index is 12.7. The fraction of sp³-hybridized carbons (Fsp3) is 0.417. The van der Waals surface area contributed by atoms with Crippen LogP contribution in [0.5, 0.6) is 0 Å². The summed E-state index contributed by atoms with van der Waals surface area (Å²) in [5, 5.41) is 11.6. The van der Waals surface area contributed by atoms with Gasteiger partial charge in [-0.1, -0.05) is 19.1 Å². The summed E-state index contributed by atoms with van der Waals surface area (Å²) in [5.74, 6) is -1.08. The second-order valence-corrected chi connectivity index (χ2v) is 3.61. The van der Waals surface area contributed by atoms with E-state index in [1.54, 1.807) is 12.1 Å². The second-order valence-electron chi connectivity index (χ2n) is 3.61. The first-order chi connectivity index (χ1) is 7.63. The minimum absolute atomic E-state index is 0.0833. The molecular weight excluding hydrogens is 209 g/mol. The van der Waals surface area contributed by atoms with Crippen LogP contribution in [0.15, 0.2) is 24.3 Å². The van der Waals surface area contributed by atoms with Gasteiger partial charge in [-0.25, -0.2) is 4.39 Å². The molecule has 1 atom stereocenters. The van der Waals surface area contributed by atoms with Crippen LogP contribution in [0.1, 0.15) is 31.4 Å². The summed E-state index contributed by atoms with van der Waals surface area (Å²) in [4.78, 5) is 10.4. The summed E-state index contributed by atoms with van der Waals surface area (Å²) >= 11 is 0. The van der Waals surface area contributed by atoms with Gasteiger partial charge in [-0.05, 0) is 24.1 Å². The van der Waals surface area contributed by atoms with Gasteiger partial charge in [0, 0.05) is 12.6 Å². The normalized spacial score (nSPS) is 12.4. The molecule has 0 aliphatic carbocycles. The Morgan fingerprint density at radius 3 is 2.56 bits per heavy atom. The average molecular weight is 225 g/mol. The molecule has 88 valence electrons. The lowest BCUT2D eigenvalue weighted by molar-refractivity contribution is -0.136. The van der Waals surface area contributed by atoms with E-state index in [-0.39, 0.29) is 18.3 Å². The van der Waals surface area contributed by atoms with Gasteiger partial charge in [0.25, 0.3) is 0 Å². The Balaban J connectivity index is 2.53. The van der Waals surface area contributed by atoms with Crippen molar-refractivity contribution in [2.75, 3.05) is 6.54 Å². The molecule has 4 heteroatoms. The smallest absolute Gasteiger partial charge is 0.304 e. The maximum Gasteiger partial charge on any atom is 0.304 e. The van der Waals surface area contributed by atoms with Crippen molar-refractivity contribution < 1.29 is 14.3 Å². The second kappa shape index (κ2) is 6.23. The highest BCUT2D eigenvalue weighted by atomic mass is 19.1. The Morgan fingerprint density at radius 2 is 2.06 bits per heavy atom. The third-order valence-corrected chi connectivity index (χ3v) is 2.41. The predicted molar refractivity (Wildman–Crippen MR) is 59.7 cm³/mol. The molecule has 0 aromatic heterocycles. The summed E-state index contributed by atoms with van der Waals surface area (Å²) in [5.41, 5.74) is 0.981. The molecule has 1 aromatic rings. The summed E-state index contributed by atoms with van der Waals surface area (Å²) in [6, 6.07) is 6.35. The lowest BCUT2D eigenvalue weighted by atomic mass is 10.0. The molecule has 0 saturated heterocycles. The molecule has 1 unspecified atom stereocenters. The first-order valence-electron chi connectivity index (χ1n) is 5.34. The van der Waals surface area contributed by atoms with Gasteiger partial charge in [-0.15, -0.1) is 0 Å². The summed E-state index contributed by atoms with van der Waals surface area (Å²) in [6.07, 6.45) is 0.933. The first-order valence-corrected chi connectivity index (χ1v) is 5.34. The Bertz CT molecular complexity index is 337. The van der Waals surface area contributed by atoms with E-state index >= 15 is 0 Å². The van der Waals surface area contributed by atoms with Gasteiger partial charge in [0.1, 0.15) is 5.82 Å². The monoisotopic (exact) mass is 225 g/mol. The Labute approximate surface area is 94.3 Å². The van der Waals surface area contributed by atoms with E-state index in [9.17, 15) is 9.18 Å². The number of hydrogen-bond donors (Lipinski definition) is 2. The molecule has 3 nitrogen and oxygen atoms in total. The van der Waals surface area contributed by atoms with Gasteiger partial charge in [0.2, 0.25) is 0 Å². The molecular formula is C12H16FNO2. The van der Waals surface area contributed by atoms with Crippen LogP contribution >= 0.6 is 0 Å². The van der Waals surface area contributed by atoms with E-state index in [2.05, 4.69) is 5.32 Å². The van der Waals surface area contributed by atoms with Crippen molar-refractivity contribution in [1.82, 2.24) is 5.32 Å². The van der Waals surface area contributed by atoms with E-state index < -0.39 is 5.97 Å². The quantitative estimate of drug-likeness (QED) is 0.781. The highest BCUT2D eigenvalue weighted by molar-refractivity contribution is 5.66. The molecule has 0 amide bonds.